The Bertz CT molecular complexity index is 817. The second kappa shape index (κ2) is 8.05. The number of ether oxygens (including phenoxy) is 3. The summed E-state index contributed by atoms with van der Waals surface area (Å²) < 4.78 is 15.9. The van der Waals surface area contributed by atoms with E-state index < -0.39 is 11.9 Å². The van der Waals surface area contributed by atoms with Gasteiger partial charge in [0.05, 0.1) is 25.7 Å². The van der Waals surface area contributed by atoms with E-state index in [1.54, 1.807) is 12.1 Å². The normalized spacial score (nSPS) is 30.9. The molecule has 1 aromatic rings. The molecule has 5 atom stereocenters. The minimum atomic E-state index is -1.06. The molecule has 0 aromatic heterocycles. The topological polar surface area (TPSA) is 99.1 Å². The lowest BCUT2D eigenvalue weighted by atomic mass is 9.58. The molecular formula is C22H28O7. The number of aromatic carboxylic acids is 1. The fourth-order valence-electron chi connectivity index (χ4n) is 5.47. The van der Waals surface area contributed by atoms with E-state index in [9.17, 15) is 19.5 Å². The first-order chi connectivity index (χ1) is 13.7. The molecule has 0 unspecified atom stereocenters. The average Bonchev–Trinajstić information content (AvgIpc) is 3.01. The highest BCUT2D eigenvalue weighted by atomic mass is 16.5. The van der Waals surface area contributed by atoms with E-state index in [2.05, 4.69) is 6.92 Å². The fourth-order valence-corrected chi connectivity index (χ4v) is 5.47. The van der Waals surface area contributed by atoms with E-state index in [-0.39, 0.29) is 40.9 Å². The first-order valence-electron chi connectivity index (χ1n) is 9.89. The van der Waals surface area contributed by atoms with Gasteiger partial charge in [-0.1, -0.05) is 13.0 Å². The highest BCUT2D eigenvalue weighted by molar-refractivity contribution is 5.90. The zero-order valence-electron chi connectivity index (χ0n) is 17.3. The number of carboxylic acid groups (broad SMARTS) is 1. The molecule has 0 amide bonds. The number of esters is 2. The number of benzene rings is 1. The molecule has 1 aromatic carbocycles. The number of carbonyl (C=O) groups excluding carboxylic acids is 2. The Hall–Kier alpha value is -2.57. The van der Waals surface area contributed by atoms with Crippen molar-refractivity contribution >= 4 is 17.9 Å². The number of carboxylic acids is 1. The fraction of sp³-hybridized carbons (Fsp3) is 0.591. The van der Waals surface area contributed by atoms with Crippen molar-refractivity contribution in [2.24, 2.45) is 17.3 Å². The van der Waals surface area contributed by atoms with Gasteiger partial charge in [-0.25, -0.2) is 4.79 Å². The lowest BCUT2D eigenvalue weighted by molar-refractivity contribution is -0.160. The summed E-state index contributed by atoms with van der Waals surface area (Å²) in [6.07, 6.45) is 2.52. The zero-order valence-corrected chi connectivity index (χ0v) is 17.3. The Balaban J connectivity index is 2.03. The SMILES string of the molecule is COC(=O)[C@@H]1[C@@H](c2ccc(OC)cc2C(=O)O)CC[C@]2(C)[C@@H](OC(C)=O)CC[C@@H]12. The van der Waals surface area contributed by atoms with Gasteiger partial charge in [0, 0.05) is 12.3 Å². The first kappa shape index (κ1) is 21.1. The van der Waals surface area contributed by atoms with Crippen molar-refractivity contribution < 1.29 is 33.7 Å². The quantitative estimate of drug-likeness (QED) is 0.751. The monoisotopic (exact) mass is 404 g/mol. The molecule has 2 saturated carbocycles. The molecule has 7 heteroatoms. The summed E-state index contributed by atoms with van der Waals surface area (Å²) in [7, 11) is 2.84. The van der Waals surface area contributed by atoms with Crippen molar-refractivity contribution in [1.82, 2.24) is 0 Å². The average molecular weight is 404 g/mol. The largest absolute Gasteiger partial charge is 0.497 e. The molecule has 7 nitrogen and oxygen atoms in total. The molecule has 2 aliphatic rings. The molecule has 0 bridgehead atoms. The van der Waals surface area contributed by atoms with Crippen molar-refractivity contribution in [1.29, 1.82) is 0 Å². The Morgan fingerprint density at radius 1 is 1.14 bits per heavy atom. The van der Waals surface area contributed by atoms with Gasteiger partial charge >= 0.3 is 17.9 Å². The van der Waals surface area contributed by atoms with E-state index in [1.807, 2.05) is 0 Å². The molecule has 0 aliphatic heterocycles. The Labute approximate surface area is 170 Å². The first-order valence-corrected chi connectivity index (χ1v) is 9.89. The maximum Gasteiger partial charge on any atom is 0.336 e. The van der Waals surface area contributed by atoms with Crippen LogP contribution in [0.15, 0.2) is 18.2 Å². The summed E-state index contributed by atoms with van der Waals surface area (Å²) in [6.45, 7) is 3.47. The number of carbonyl (C=O) groups is 3. The third-order valence-electron chi connectivity index (χ3n) is 6.86. The van der Waals surface area contributed by atoms with Crippen molar-refractivity contribution in [3.8, 4) is 5.75 Å². The number of hydrogen-bond acceptors (Lipinski definition) is 6. The summed E-state index contributed by atoms with van der Waals surface area (Å²) in [5, 5.41) is 9.75. The van der Waals surface area contributed by atoms with E-state index >= 15 is 0 Å². The van der Waals surface area contributed by atoms with Gasteiger partial charge in [-0.3, -0.25) is 9.59 Å². The van der Waals surface area contributed by atoms with Crippen LogP contribution >= 0.6 is 0 Å². The number of fused-ring (bicyclic) bond motifs is 1. The van der Waals surface area contributed by atoms with Gasteiger partial charge in [-0.2, -0.15) is 0 Å². The van der Waals surface area contributed by atoms with Gasteiger partial charge in [0.2, 0.25) is 0 Å². The third-order valence-corrected chi connectivity index (χ3v) is 6.86. The second-order valence-corrected chi connectivity index (χ2v) is 8.24. The van der Waals surface area contributed by atoms with Gasteiger partial charge in [-0.05, 0) is 55.2 Å². The standard InChI is InChI=1S/C22H28O7/c1-12(23)29-18-8-7-17-19(21(26)28-4)15(9-10-22(17,18)2)14-6-5-13(27-3)11-16(14)20(24)25/h5-6,11,15,17-19H,7-10H2,1-4H3,(H,24,25)/t15-,17+,18+,19-,22+/m1/s1. The van der Waals surface area contributed by atoms with E-state index in [0.29, 0.717) is 24.2 Å². The van der Waals surface area contributed by atoms with Crippen molar-refractivity contribution in [3.63, 3.8) is 0 Å². The van der Waals surface area contributed by atoms with E-state index in [4.69, 9.17) is 14.2 Å². The number of hydrogen-bond donors (Lipinski definition) is 1. The Morgan fingerprint density at radius 3 is 2.45 bits per heavy atom. The van der Waals surface area contributed by atoms with Crippen LogP contribution in [0.5, 0.6) is 5.75 Å². The minimum Gasteiger partial charge on any atom is -0.497 e. The highest BCUT2D eigenvalue weighted by Gasteiger charge is 2.58. The summed E-state index contributed by atoms with van der Waals surface area (Å²) in [4.78, 5) is 36.3. The van der Waals surface area contributed by atoms with Gasteiger partial charge in [-0.15, -0.1) is 0 Å². The van der Waals surface area contributed by atoms with Crippen LogP contribution in [-0.4, -0.2) is 43.3 Å². The molecule has 2 aliphatic carbocycles. The van der Waals surface area contributed by atoms with Crippen LogP contribution in [-0.2, 0) is 19.1 Å². The molecule has 0 radical (unpaired) electrons. The minimum absolute atomic E-state index is 0.0539. The lowest BCUT2D eigenvalue weighted by Crippen LogP contribution is -2.46. The van der Waals surface area contributed by atoms with E-state index in [1.165, 1.54) is 27.2 Å². The van der Waals surface area contributed by atoms with Gasteiger partial charge in [0.25, 0.3) is 0 Å². The van der Waals surface area contributed by atoms with Gasteiger partial charge in [0.1, 0.15) is 11.9 Å². The van der Waals surface area contributed by atoms with Crippen LogP contribution < -0.4 is 4.74 Å². The Kier molecular flexibility index (Phi) is 5.87. The summed E-state index contributed by atoms with van der Waals surface area (Å²) in [6, 6.07) is 4.96. The van der Waals surface area contributed by atoms with Crippen LogP contribution in [0.1, 0.15) is 61.4 Å². The van der Waals surface area contributed by atoms with Crippen LogP contribution in [0.2, 0.25) is 0 Å². The zero-order chi connectivity index (χ0) is 21.3. The maximum atomic E-state index is 12.9. The van der Waals surface area contributed by atoms with Crippen LogP contribution in [0.25, 0.3) is 0 Å². The Morgan fingerprint density at radius 2 is 1.86 bits per heavy atom. The summed E-state index contributed by atoms with van der Waals surface area (Å²) in [5.74, 6) is -2.10. The van der Waals surface area contributed by atoms with Crippen molar-refractivity contribution in [2.75, 3.05) is 14.2 Å². The third kappa shape index (κ3) is 3.70. The van der Waals surface area contributed by atoms with Gasteiger partial charge < -0.3 is 19.3 Å². The van der Waals surface area contributed by atoms with Crippen molar-refractivity contribution in [2.45, 2.75) is 51.6 Å². The second-order valence-electron chi connectivity index (χ2n) is 8.24. The molecule has 1 N–H and O–H groups in total. The van der Waals surface area contributed by atoms with Crippen molar-refractivity contribution in [3.05, 3.63) is 29.3 Å². The van der Waals surface area contributed by atoms with Crippen LogP contribution in [0, 0.1) is 17.3 Å². The lowest BCUT2D eigenvalue weighted by Gasteiger charge is -2.47. The smallest absolute Gasteiger partial charge is 0.336 e. The molecule has 0 spiro atoms. The highest BCUT2D eigenvalue weighted by Crippen LogP contribution is 2.59. The predicted molar refractivity (Wildman–Crippen MR) is 104 cm³/mol. The molecule has 158 valence electrons. The number of methoxy groups -OCH3 is 2. The molecule has 3 rings (SSSR count). The summed E-state index contributed by atoms with van der Waals surface area (Å²) >= 11 is 0. The van der Waals surface area contributed by atoms with Crippen LogP contribution in [0.3, 0.4) is 0 Å². The number of rotatable bonds is 5. The van der Waals surface area contributed by atoms with E-state index in [0.717, 1.165) is 12.8 Å². The molecule has 2 fully saturated rings. The molecule has 0 heterocycles. The maximum absolute atomic E-state index is 12.9. The summed E-state index contributed by atoms with van der Waals surface area (Å²) in [5.41, 5.74) is 0.421. The molecule has 0 saturated heterocycles. The molecule has 29 heavy (non-hydrogen) atoms. The predicted octanol–water partition coefficient (Wildman–Crippen LogP) is 3.41. The molecular weight excluding hydrogens is 376 g/mol. The van der Waals surface area contributed by atoms with Crippen LogP contribution in [0.4, 0.5) is 0 Å². The van der Waals surface area contributed by atoms with Gasteiger partial charge in [0.15, 0.2) is 0 Å².